The second kappa shape index (κ2) is 10.8. The van der Waals surface area contributed by atoms with Crippen LogP contribution in [0.4, 0.5) is 0 Å². The van der Waals surface area contributed by atoms with E-state index in [-0.39, 0.29) is 0 Å². The summed E-state index contributed by atoms with van der Waals surface area (Å²) in [5, 5.41) is 7.40. The first-order valence-corrected chi connectivity index (χ1v) is 17.4. The molecule has 238 valence electrons. The van der Waals surface area contributed by atoms with Crippen molar-refractivity contribution < 1.29 is 4.42 Å². The lowest BCUT2D eigenvalue weighted by Crippen LogP contribution is -1.94. The van der Waals surface area contributed by atoms with Gasteiger partial charge in [-0.25, -0.2) is 0 Å². The Morgan fingerprint density at radius 3 is 1.37 bits per heavy atom. The minimum absolute atomic E-state index is 0.920. The molecule has 0 spiro atoms. The van der Waals surface area contributed by atoms with E-state index in [9.17, 15) is 0 Å². The molecule has 3 nitrogen and oxygen atoms in total. The first-order chi connectivity index (χ1) is 25.3. The molecule has 0 bridgehead atoms. The molecule has 11 aromatic rings. The lowest BCUT2D eigenvalue weighted by atomic mass is 9.99. The highest BCUT2D eigenvalue weighted by molar-refractivity contribution is 6.28. The molecule has 0 radical (unpaired) electrons. The van der Waals surface area contributed by atoms with E-state index in [1.54, 1.807) is 0 Å². The van der Waals surface area contributed by atoms with Gasteiger partial charge in [0.15, 0.2) is 0 Å². The molecule has 8 aromatic carbocycles. The van der Waals surface area contributed by atoms with Crippen LogP contribution in [0.15, 0.2) is 186 Å². The first kappa shape index (κ1) is 28.0. The number of hydrogen-bond donors (Lipinski definition) is 0. The molecule has 0 aliphatic carbocycles. The van der Waals surface area contributed by atoms with E-state index in [4.69, 9.17) is 4.42 Å². The molecule has 3 heteroatoms. The van der Waals surface area contributed by atoms with Crippen LogP contribution in [-0.2, 0) is 0 Å². The Labute approximate surface area is 293 Å². The number of furan rings is 1. The second-order valence-electron chi connectivity index (χ2n) is 13.3. The van der Waals surface area contributed by atoms with Gasteiger partial charge in [0.25, 0.3) is 0 Å². The molecule has 0 aliphatic heterocycles. The first-order valence-electron chi connectivity index (χ1n) is 17.4. The van der Waals surface area contributed by atoms with Crippen molar-refractivity contribution in [2.45, 2.75) is 0 Å². The van der Waals surface area contributed by atoms with E-state index in [1.807, 2.05) is 12.1 Å². The lowest BCUT2D eigenvalue weighted by molar-refractivity contribution is 0.669. The van der Waals surface area contributed by atoms with Crippen LogP contribution < -0.4 is 0 Å². The molecule has 0 unspecified atom stereocenters. The smallest absolute Gasteiger partial charge is 0.135 e. The highest BCUT2D eigenvalue weighted by Crippen LogP contribution is 2.42. The van der Waals surface area contributed by atoms with E-state index >= 15 is 0 Å². The monoisotopic (exact) mass is 650 g/mol. The fourth-order valence-electron chi connectivity index (χ4n) is 8.22. The van der Waals surface area contributed by atoms with Crippen molar-refractivity contribution in [1.82, 2.24) is 9.13 Å². The SMILES string of the molecule is c1ccc(-n2c3ccccc3c3c4c5ccccc5n(-c5ccc(-c6ccc(-c7ccc8oc9ccccc9c8c7)cc6)cc5)c4ccc32)cc1. The highest BCUT2D eigenvalue weighted by Gasteiger charge is 2.20. The third-order valence-corrected chi connectivity index (χ3v) is 10.5. The maximum atomic E-state index is 6.05. The fourth-order valence-corrected chi connectivity index (χ4v) is 8.22. The molecule has 0 fully saturated rings. The van der Waals surface area contributed by atoms with Crippen LogP contribution in [0.3, 0.4) is 0 Å². The van der Waals surface area contributed by atoms with Crippen molar-refractivity contribution in [3.05, 3.63) is 182 Å². The largest absolute Gasteiger partial charge is 0.456 e. The zero-order valence-corrected chi connectivity index (χ0v) is 27.6. The Bertz CT molecular complexity index is 3100. The normalized spacial score (nSPS) is 11.9. The summed E-state index contributed by atoms with van der Waals surface area (Å²) >= 11 is 0. The molecule has 11 rings (SSSR count). The van der Waals surface area contributed by atoms with Crippen molar-refractivity contribution >= 4 is 65.6 Å². The summed E-state index contributed by atoms with van der Waals surface area (Å²) in [4.78, 5) is 0. The minimum Gasteiger partial charge on any atom is -0.456 e. The van der Waals surface area contributed by atoms with Gasteiger partial charge in [0.05, 0.1) is 22.1 Å². The quantitative estimate of drug-likeness (QED) is 0.186. The van der Waals surface area contributed by atoms with E-state index in [0.717, 1.165) is 27.6 Å². The number of aromatic nitrogens is 2. The molecule has 0 N–H and O–H groups in total. The van der Waals surface area contributed by atoms with E-state index < -0.39 is 0 Å². The predicted octanol–water partition coefficient (Wildman–Crippen LogP) is 13.1. The Balaban J connectivity index is 1.01. The van der Waals surface area contributed by atoms with Gasteiger partial charge in [-0.2, -0.15) is 0 Å². The molecule has 0 aliphatic rings. The van der Waals surface area contributed by atoms with Crippen LogP contribution in [0.5, 0.6) is 0 Å². The summed E-state index contributed by atoms with van der Waals surface area (Å²) in [6.07, 6.45) is 0. The van der Waals surface area contributed by atoms with Crippen LogP contribution in [0.25, 0.3) is 99.2 Å². The summed E-state index contributed by atoms with van der Waals surface area (Å²) in [5.74, 6) is 0. The topological polar surface area (TPSA) is 23.0 Å². The second-order valence-corrected chi connectivity index (χ2v) is 13.3. The van der Waals surface area contributed by atoms with Gasteiger partial charge >= 0.3 is 0 Å². The maximum Gasteiger partial charge on any atom is 0.135 e. The van der Waals surface area contributed by atoms with Crippen molar-refractivity contribution in [2.75, 3.05) is 0 Å². The van der Waals surface area contributed by atoms with Crippen molar-refractivity contribution in [1.29, 1.82) is 0 Å². The summed E-state index contributed by atoms with van der Waals surface area (Å²) in [5.41, 5.74) is 13.8. The molecule has 3 heterocycles. The number of hydrogen-bond acceptors (Lipinski definition) is 1. The van der Waals surface area contributed by atoms with Gasteiger partial charge in [-0.15, -0.1) is 0 Å². The van der Waals surface area contributed by atoms with Crippen LogP contribution in [-0.4, -0.2) is 9.13 Å². The number of nitrogens with zero attached hydrogens (tertiary/aromatic N) is 2. The van der Waals surface area contributed by atoms with Crippen molar-refractivity contribution in [3.8, 4) is 33.6 Å². The Morgan fingerprint density at radius 2 is 0.745 bits per heavy atom. The third-order valence-electron chi connectivity index (χ3n) is 10.5. The molecule has 0 saturated carbocycles. The Kier molecular flexibility index (Phi) is 5.96. The Hall–Kier alpha value is -6.84. The van der Waals surface area contributed by atoms with Crippen LogP contribution in [0.1, 0.15) is 0 Å². The van der Waals surface area contributed by atoms with E-state index in [2.05, 4.69) is 179 Å². The summed E-state index contributed by atoms with van der Waals surface area (Å²) in [6.45, 7) is 0. The Morgan fingerprint density at radius 1 is 0.294 bits per heavy atom. The van der Waals surface area contributed by atoms with Gasteiger partial charge in [0.1, 0.15) is 11.2 Å². The van der Waals surface area contributed by atoms with Crippen molar-refractivity contribution in [3.63, 3.8) is 0 Å². The van der Waals surface area contributed by atoms with Crippen molar-refractivity contribution in [2.24, 2.45) is 0 Å². The number of rotatable bonds is 4. The van der Waals surface area contributed by atoms with E-state index in [0.29, 0.717) is 0 Å². The zero-order valence-electron chi connectivity index (χ0n) is 27.6. The molecule has 0 atom stereocenters. The molecule has 3 aromatic heterocycles. The molecule has 51 heavy (non-hydrogen) atoms. The van der Waals surface area contributed by atoms with Crippen LogP contribution in [0, 0.1) is 0 Å². The minimum atomic E-state index is 0.920. The maximum absolute atomic E-state index is 6.05. The molecule has 0 saturated heterocycles. The van der Waals surface area contributed by atoms with E-state index in [1.165, 1.54) is 71.6 Å². The number of benzene rings is 8. The fraction of sp³-hybridized carbons (Fsp3) is 0. The van der Waals surface area contributed by atoms with Gasteiger partial charge in [-0.3, -0.25) is 0 Å². The van der Waals surface area contributed by atoms with Gasteiger partial charge in [0.2, 0.25) is 0 Å². The average molecular weight is 651 g/mol. The van der Waals surface area contributed by atoms with Gasteiger partial charge < -0.3 is 13.6 Å². The summed E-state index contributed by atoms with van der Waals surface area (Å²) < 4.78 is 10.9. The van der Waals surface area contributed by atoms with Gasteiger partial charge in [-0.05, 0) is 89.0 Å². The van der Waals surface area contributed by atoms with Crippen LogP contribution in [0.2, 0.25) is 0 Å². The lowest BCUT2D eigenvalue weighted by Gasteiger charge is -2.11. The zero-order chi connectivity index (χ0) is 33.5. The number of fused-ring (bicyclic) bond motifs is 10. The van der Waals surface area contributed by atoms with Gasteiger partial charge in [-0.1, -0.05) is 115 Å². The predicted molar refractivity (Wildman–Crippen MR) is 213 cm³/mol. The van der Waals surface area contributed by atoms with Crippen LogP contribution >= 0.6 is 0 Å². The summed E-state index contributed by atoms with van der Waals surface area (Å²) in [6, 6.07) is 65.5. The molecular weight excluding hydrogens is 621 g/mol. The number of para-hydroxylation sites is 4. The summed E-state index contributed by atoms with van der Waals surface area (Å²) in [7, 11) is 0. The van der Waals surface area contributed by atoms with Gasteiger partial charge in [0, 0.05) is 43.7 Å². The average Bonchev–Trinajstić information content (AvgIpc) is 3.86. The molecule has 0 amide bonds. The highest BCUT2D eigenvalue weighted by atomic mass is 16.3. The third kappa shape index (κ3) is 4.19. The molecular formula is C48H30N2O. The standard InChI is InChI=1S/C48H30N2O/c1-2-10-35(11-3-1)49-41-15-7-4-13-38(41)47-43(49)27-28-44-48(47)39-14-5-8-16-42(39)50(44)36-25-22-32(23-26-36)31-18-20-33(21-19-31)34-24-29-46-40(30-34)37-12-6-9-17-45(37)51-46/h1-30H.